The van der Waals surface area contributed by atoms with Crippen molar-refractivity contribution in [2.24, 2.45) is 5.92 Å². The minimum Gasteiger partial charge on any atom is -0.208 e. The van der Waals surface area contributed by atoms with Crippen molar-refractivity contribution in [1.82, 2.24) is 9.03 Å². The van der Waals surface area contributed by atoms with Crippen LogP contribution in [0.1, 0.15) is 65.7 Å². The standard InChI is InChI=1S/C20H32N2O4S2/c1-15-7-4-5-10-20(15)21-27(23,24)18-11-13-19(14-12-18)28(25,26)22-16(2)8-6-9-17(22)3/h11-17,20-21H,4-10H2,1-3H3/t15-,16-,17+,20-/m1/s1. The lowest BCUT2D eigenvalue weighted by Crippen LogP contribution is -2.47. The first-order valence-electron chi connectivity index (χ1n) is 10.3. The zero-order valence-electron chi connectivity index (χ0n) is 17.0. The molecule has 0 spiro atoms. The van der Waals surface area contributed by atoms with Gasteiger partial charge < -0.3 is 0 Å². The van der Waals surface area contributed by atoms with E-state index in [-0.39, 0.29) is 27.9 Å². The molecule has 1 heterocycles. The van der Waals surface area contributed by atoms with E-state index in [1.807, 2.05) is 13.8 Å². The molecule has 4 atom stereocenters. The molecule has 1 saturated heterocycles. The van der Waals surface area contributed by atoms with Gasteiger partial charge in [0.2, 0.25) is 20.0 Å². The van der Waals surface area contributed by atoms with E-state index in [0.29, 0.717) is 5.92 Å². The molecule has 6 nitrogen and oxygen atoms in total. The summed E-state index contributed by atoms with van der Waals surface area (Å²) >= 11 is 0. The monoisotopic (exact) mass is 428 g/mol. The number of benzene rings is 1. The average molecular weight is 429 g/mol. The van der Waals surface area contributed by atoms with Gasteiger partial charge >= 0.3 is 0 Å². The zero-order chi connectivity index (χ0) is 20.5. The Bertz CT molecular complexity index is 871. The van der Waals surface area contributed by atoms with Crippen molar-refractivity contribution in [2.75, 3.05) is 0 Å². The molecule has 0 bridgehead atoms. The van der Waals surface area contributed by atoms with Gasteiger partial charge in [-0.2, -0.15) is 4.31 Å². The van der Waals surface area contributed by atoms with Gasteiger partial charge in [0.1, 0.15) is 0 Å². The van der Waals surface area contributed by atoms with Crippen molar-refractivity contribution < 1.29 is 16.8 Å². The van der Waals surface area contributed by atoms with Crippen molar-refractivity contribution in [2.45, 2.75) is 93.6 Å². The van der Waals surface area contributed by atoms with Crippen molar-refractivity contribution in [3.05, 3.63) is 24.3 Å². The highest BCUT2D eigenvalue weighted by Gasteiger charge is 2.36. The number of nitrogens with one attached hydrogen (secondary N) is 1. The predicted octanol–water partition coefficient (Wildman–Crippen LogP) is 3.50. The van der Waals surface area contributed by atoms with Crippen molar-refractivity contribution in [1.29, 1.82) is 0 Å². The Morgan fingerprint density at radius 2 is 1.32 bits per heavy atom. The second kappa shape index (κ2) is 8.42. The van der Waals surface area contributed by atoms with Crippen LogP contribution in [0, 0.1) is 5.92 Å². The first kappa shape index (κ1) is 21.7. The minimum atomic E-state index is -3.66. The predicted molar refractivity (Wildman–Crippen MR) is 110 cm³/mol. The topological polar surface area (TPSA) is 83.5 Å². The fourth-order valence-corrected chi connectivity index (χ4v) is 7.80. The molecule has 1 N–H and O–H groups in total. The average Bonchev–Trinajstić information content (AvgIpc) is 2.63. The summed E-state index contributed by atoms with van der Waals surface area (Å²) in [6.07, 6.45) is 6.75. The second-order valence-electron chi connectivity index (χ2n) is 8.42. The highest BCUT2D eigenvalue weighted by atomic mass is 32.2. The number of piperidine rings is 1. The van der Waals surface area contributed by atoms with E-state index in [4.69, 9.17) is 0 Å². The van der Waals surface area contributed by atoms with Gasteiger partial charge in [0.05, 0.1) is 9.79 Å². The number of hydrogen-bond donors (Lipinski definition) is 1. The molecule has 0 aromatic heterocycles. The van der Waals surface area contributed by atoms with Crippen molar-refractivity contribution >= 4 is 20.0 Å². The van der Waals surface area contributed by atoms with Crippen LogP contribution in [0.2, 0.25) is 0 Å². The van der Waals surface area contributed by atoms with Crippen LogP contribution in [-0.2, 0) is 20.0 Å². The third-order valence-electron chi connectivity index (χ3n) is 6.24. The van der Waals surface area contributed by atoms with Crippen molar-refractivity contribution in [3.8, 4) is 0 Å². The molecule has 0 amide bonds. The van der Waals surface area contributed by atoms with E-state index < -0.39 is 20.0 Å². The molecule has 158 valence electrons. The molecule has 8 heteroatoms. The quantitative estimate of drug-likeness (QED) is 0.778. The Balaban J connectivity index is 1.80. The maximum Gasteiger partial charge on any atom is 0.243 e. The normalized spacial score (nSPS) is 30.2. The lowest BCUT2D eigenvalue weighted by Gasteiger charge is -2.37. The fourth-order valence-electron chi connectivity index (χ4n) is 4.54. The van der Waals surface area contributed by atoms with Crippen LogP contribution in [0.15, 0.2) is 34.1 Å². The number of hydrogen-bond acceptors (Lipinski definition) is 4. The van der Waals surface area contributed by atoms with Gasteiger partial charge in [0.25, 0.3) is 0 Å². The van der Waals surface area contributed by atoms with Gasteiger partial charge in [-0.15, -0.1) is 0 Å². The molecule has 0 unspecified atom stereocenters. The first-order chi connectivity index (χ1) is 13.1. The number of rotatable bonds is 5. The van der Waals surface area contributed by atoms with Crippen molar-refractivity contribution in [3.63, 3.8) is 0 Å². The Morgan fingerprint density at radius 3 is 1.89 bits per heavy atom. The Hall–Kier alpha value is -0.960. The number of sulfonamides is 2. The highest BCUT2D eigenvalue weighted by molar-refractivity contribution is 7.89. The lowest BCUT2D eigenvalue weighted by atomic mass is 9.87. The molecule has 3 rings (SSSR count). The van der Waals surface area contributed by atoms with Crippen LogP contribution in [-0.4, -0.2) is 39.3 Å². The van der Waals surface area contributed by atoms with Crippen LogP contribution < -0.4 is 4.72 Å². The minimum absolute atomic E-state index is 0.0494. The molecule has 2 aliphatic rings. The lowest BCUT2D eigenvalue weighted by molar-refractivity contribution is 0.204. The maximum atomic E-state index is 13.1. The summed E-state index contributed by atoms with van der Waals surface area (Å²) in [5.41, 5.74) is 0. The number of nitrogens with zero attached hydrogens (tertiary/aromatic N) is 1. The molecular weight excluding hydrogens is 396 g/mol. The van der Waals surface area contributed by atoms with Crippen LogP contribution in [0.4, 0.5) is 0 Å². The molecule has 0 radical (unpaired) electrons. The van der Waals surface area contributed by atoms with Crippen LogP contribution in [0.3, 0.4) is 0 Å². The Labute approximate surface area is 169 Å². The molecule has 1 aromatic rings. The maximum absolute atomic E-state index is 13.1. The van der Waals surface area contributed by atoms with Gasteiger partial charge in [-0.1, -0.05) is 26.2 Å². The third kappa shape index (κ3) is 4.45. The molecular formula is C20H32N2O4S2. The zero-order valence-corrected chi connectivity index (χ0v) is 18.6. The molecule has 1 saturated carbocycles. The largest absolute Gasteiger partial charge is 0.243 e. The SMILES string of the molecule is C[C@@H]1CCCC[C@H]1NS(=O)(=O)c1ccc(S(=O)(=O)N2[C@H](C)CCC[C@@H]2C)cc1. The highest BCUT2D eigenvalue weighted by Crippen LogP contribution is 2.30. The van der Waals surface area contributed by atoms with E-state index in [2.05, 4.69) is 11.6 Å². The van der Waals surface area contributed by atoms with Gasteiger partial charge in [0.15, 0.2) is 0 Å². The smallest absolute Gasteiger partial charge is 0.208 e. The first-order valence-corrected chi connectivity index (χ1v) is 13.2. The summed E-state index contributed by atoms with van der Waals surface area (Å²) < 4.78 is 56.0. The molecule has 2 fully saturated rings. The molecule has 28 heavy (non-hydrogen) atoms. The summed E-state index contributed by atoms with van der Waals surface area (Å²) in [7, 11) is -7.30. The van der Waals surface area contributed by atoms with Crippen LogP contribution >= 0.6 is 0 Å². The summed E-state index contributed by atoms with van der Waals surface area (Å²) in [4.78, 5) is 0.266. The summed E-state index contributed by atoms with van der Waals surface area (Å²) in [5, 5.41) is 0. The van der Waals surface area contributed by atoms with E-state index in [0.717, 1.165) is 44.9 Å². The summed E-state index contributed by atoms with van der Waals surface area (Å²) in [6, 6.07) is 5.49. The molecule has 1 aliphatic carbocycles. The summed E-state index contributed by atoms with van der Waals surface area (Å²) in [6.45, 7) is 5.94. The van der Waals surface area contributed by atoms with E-state index in [1.165, 1.54) is 24.3 Å². The molecule has 1 aliphatic heterocycles. The van der Waals surface area contributed by atoms with Crippen LogP contribution in [0.25, 0.3) is 0 Å². The Morgan fingerprint density at radius 1 is 0.786 bits per heavy atom. The van der Waals surface area contributed by atoms with Gasteiger partial charge in [-0.3, -0.25) is 0 Å². The molecule has 1 aromatic carbocycles. The third-order valence-corrected chi connectivity index (χ3v) is 9.89. The van der Waals surface area contributed by atoms with Gasteiger partial charge in [0, 0.05) is 18.1 Å². The van der Waals surface area contributed by atoms with E-state index in [1.54, 1.807) is 4.31 Å². The van der Waals surface area contributed by atoms with Gasteiger partial charge in [-0.05, 0) is 69.7 Å². The Kier molecular flexibility index (Phi) is 6.54. The van der Waals surface area contributed by atoms with Gasteiger partial charge in [-0.25, -0.2) is 21.6 Å². The second-order valence-corrected chi connectivity index (χ2v) is 12.0. The summed E-state index contributed by atoms with van der Waals surface area (Å²) in [5.74, 6) is 0.310. The van der Waals surface area contributed by atoms with Crippen LogP contribution in [0.5, 0.6) is 0 Å². The van der Waals surface area contributed by atoms with E-state index >= 15 is 0 Å². The fraction of sp³-hybridized carbons (Fsp3) is 0.700. The van der Waals surface area contributed by atoms with E-state index in [9.17, 15) is 16.8 Å².